The highest BCUT2D eigenvalue weighted by Gasteiger charge is 2.23. The second-order valence-corrected chi connectivity index (χ2v) is 8.68. The molecular formula is C29H16N4O. The molecule has 8 rings (SSSR count). The first-order valence-electron chi connectivity index (χ1n) is 11.2. The maximum absolute atomic E-state index is 14.1. The highest BCUT2D eigenvalue weighted by molar-refractivity contribution is 6.31. The number of rotatable bonds is 1. The summed E-state index contributed by atoms with van der Waals surface area (Å²) in [7, 11) is 0. The van der Waals surface area contributed by atoms with Gasteiger partial charge < -0.3 is 8.97 Å². The van der Waals surface area contributed by atoms with E-state index >= 15 is 0 Å². The maximum atomic E-state index is 14.1. The Hall–Kier alpha value is -4.77. The van der Waals surface area contributed by atoms with Crippen LogP contribution in [0.1, 0.15) is 0 Å². The van der Waals surface area contributed by atoms with Crippen molar-refractivity contribution in [3.63, 3.8) is 0 Å². The molecule has 0 aliphatic rings. The summed E-state index contributed by atoms with van der Waals surface area (Å²) in [5.74, 6) is 0. The Morgan fingerprint density at radius 2 is 1.29 bits per heavy atom. The van der Waals surface area contributed by atoms with Gasteiger partial charge in [-0.2, -0.15) is 0 Å². The average molecular weight is 436 g/mol. The molecule has 0 spiro atoms. The highest BCUT2D eigenvalue weighted by Crippen LogP contribution is 2.42. The minimum absolute atomic E-state index is 0.0503. The fraction of sp³-hybridized carbons (Fsp3) is 0. The van der Waals surface area contributed by atoms with Gasteiger partial charge in [-0.3, -0.25) is 14.8 Å². The molecule has 5 heterocycles. The van der Waals surface area contributed by atoms with E-state index in [1.807, 2.05) is 67.1 Å². The summed E-state index contributed by atoms with van der Waals surface area (Å²) >= 11 is 0. The topological polar surface area (TPSA) is 52.2 Å². The van der Waals surface area contributed by atoms with Crippen molar-refractivity contribution in [2.24, 2.45) is 0 Å². The van der Waals surface area contributed by atoms with E-state index in [2.05, 4.69) is 43.2 Å². The molecule has 0 bridgehead atoms. The number of fused-ring (bicyclic) bond motifs is 9. The first-order chi connectivity index (χ1) is 16.8. The number of hydrogen-bond donors (Lipinski definition) is 0. The summed E-state index contributed by atoms with van der Waals surface area (Å²) in [4.78, 5) is 22.9. The molecule has 0 aliphatic heterocycles. The van der Waals surface area contributed by atoms with E-state index in [0.29, 0.717) is 5.39 Å². The predicted molar refractivity (Wildman–Crippen MR) is 137 cm³/mol. The van der Waals surface area contributed by atoms with Crippen LogP contribution in [0, 0.1) is 0 Å². The van der Waals surface area contributed by atoms with Crippen LogP contribution in [0.4, 0.5) is 0 Å². The van der Waals surface area contributed by atoms with Gasteiger partial charge in [0.25, 0.3) is 0 Å². The zero-order chi connectivity index (χ0) is 22.4. The minimum Gasteiger partial charge on any atom is -0.309 e. The Balaban J connectivity index is 1.80. The Morgan fingerprint density at radius 1 is 0.588 bits per heavy atom. The zero-order valence-electron chi connectivity index (χ0n) is 17.9. The lowest BCUT2D eigenvalue weighted by Crippen LogP contribution is -2.10. The Kier molecular flexibility index (Phi) is 3.22. The first kappa shape index (κ1) is 17.7. The van der Waals surface area contributed by atoms with Crippen LogP contribution in [-0.4, -0.2) is 18.9 Å². The van der Waals surface area contributed by atoms with Gasteiger partial charge in [0, 0.05) is 45.0 Å². The molecule has 0 unspecified atom stereocenters. The van der Waals surface area contributed by atoms with Crippen molar-refractivity contribution < 1.29 is 0 Å². The highest BCUT2D eigenvalue weighted by atomic mass is 16.1. The average Bonchev–Trinajstić information content (AvgIpc) is 3.41. The largest absolute Gasteiger partial charge is 0.309 e. The molecule has 158 valence electrons. The van der Waals surface area contributed by atoms with Crippen LogP contribution in [0.2, 0.25) is 0 Å². The van der Waals surface area contributed by atoms with E-state index in [9.17, 15) is 4.79 Å². The number of aromatic nitrogens is 4. The molecule has 3 aromatic carbocycles. The van der Waals surface area contributed by atoms with Crippen molar-refractivity contribution in [1.82, 2.24) is 18.9 Å². The van der Waals surface area contributed by atoms with E-state index in [0.717, 1.165) is 60.2 Å². The zero-order valence-corrected chi connectivity index (χ0v) is 17.9. The van der Waals surface area contributed by atoms with Crippen molar-refractivity contribution in [2.45, 2.75) is 0 Å². The molecule has 5 nitrogen and oxygen atoms in total. The van der Waals surface area contributed by atoms with E-state index in [1.54, 1.807) is 6.20 Å². The van der Waals surface area contributed by atoms with Gasteiger partial charge in [0.05, 0.1) is 45.4 Å². The van der Waals surface area contributed by atoms with Crippen molar-refractivity contribution in [2.75, 3.05) is 0 Å². The van der Waals surface area contributed by atoms with Gasteiger partial charge >= 0.3 is 0 Å². The third-order valence-electron chi connectivity index (χ3n) is 7.02. The molecule has 0 fully saturated rings. The molecule has 34 heavy (non-hydrogen) atoms. The van der Waals surface area contributed by atoms with Gasteiger partial charge in [-0.1, -0.05) is 30.3 Å². The number of pyridine rings is 3. The lowest BCUT2D eigenvalue weighted by atomic mass is 10.0. The van der Waals surface area contributed by atoms with Crippen LogP contribution in [0.3, 0.4) is 0 Å². The molecular weight excluding hydrogens is 420 g/mol. The number of nitrogens with zero attached hydrogens (tertiary/aromatic N) is 4. The second kappa shape index (κ2) is 6.17. The van der Waals surface area contributed by atoms with Crippen LogP contribution in [0.15, 0.2) is 102 Å². The Morgan fingerprint density at radius 3 is 2.12 bits per heavy atom. The fourth-order valence-corrected chi connectivity index (χ4v) is 5.68. The molecule has 8 aromatic rings. The van der Waals surface area contributed by atoms with Gasteiger partial charge in [0.2, 0.25) is 0 Å². The normalized spacial score (nSPS) is 12.2. The minimum atomic E-state index is 0.0503. The van der Waals surface area contributed by atoms with Crippen molar-refractivity contribution >= 4 is 59.9 Å². The van der Waals surface area contributed by atoms with Crippen molar-refractivity contribution in [1.29, 1.82) is 0 Å². The SMILES string of the molecule is O=c1c2ccccc2n(-c2ccccc2)c2cc3c4ccncc4n4c5cnccc5c(c12)c34. The summed E-state index contributed by atoms with van der Waals surface area (Å²) in [6.45, 7) is 0. The van der Waals surface area contributed by atoms with Gasteiger partial charge in [-0.05, 0) is 42.5 Å². The predicted octanol–water partition coefficient (Wildman–Crippen LogP) is 6.08. The Labute approximate surface area is 192 Å². The monoisotopic (exact) mass is 436 g/mol. The van der Waals surface area contributed by atoms with E-state index in [4.69, 9.17) is 0 Å². The quantitative estimate of drug-likeness (QED) is 0.293. The second-order valence-electron chi connectivity index (χ2n) is 8.68. The molecule has 0 saturated heterocycles. The van der Waals surface area contributed by atoms with E-state index in [-0.39, 0.29) is 5.43 Å². The summed E-state index contributed by atoms with van der Waals surface area (Å²) in [6, 6.07) is 24.4. The van der Waals surface area contributed by atoms with Gasteiger partial charge in [0.1, 0.15) is 0 Å². The van der Waals surface area contributed by atoms with Crippen LogP contribution < -0.4 is 5.43 Å². The van der Waals surface area contributed by atoms with Gasteiger partial charge in [-0.25, -0.2) is 0 Å². The summed E-state index contributed by atoms with van der Waals surface area (Å²) in [5, 5.41) is 5.66. The Bertz CT molecular complexity index is 2140. The number of para-hydroxylation sites is 2. The number of hydrogen-bond acceptors (Lipinski definition) is 3. The van der Waals surface area contributed by atoms with Crippen LogP contribution in [0.5, 0.6) is 0 Å². The summed E-state index contributed by atoms with van der Waals surface area (Å²) in [5.41, 5.74) is 5.92. The number of benzene rings is 3. The standard InChI is InChI=1S/C29H16N4O/c34-29-20-8-4-5-9-22(20)32(17-6-2-1-3-7-17)23-14-21-18-10-12-30-15-24(18)33-25-16-31-13-11-19(25)26(27(23)29)28(21)33/h1-16H. The van der Waals surface area contributed by atoms with Crippen molar-refractivity contribution in [3.05, 3.63) is 108 Å². The van der Waals surface area contributed by atoms with Crippen molar-refractivity contribution in [3.8, 4) is 5.69 Å². The lowest BCUT2D eigenvalue weighted by molar-refractivity contribution is 1.16. The molecule has 5 heteroatoms. The molecule has 5 aromatic heterocycles. The van der Waals surface area contributed by atoms with Crippen LogP contribution in [0.25, 0.3) is 65.6 Å². The molecule has 0 saturated carbocycles. The summed E-state index contributed by atoms with van der Waals surface area (Å²) in [6.07, 6.45) is 7.40. The molecule has 0 radical (unpaired) electrons. The third-order valence-corrected chi connectivity index (χ3v) is 7.02. The van der Waals surface area contributed by atoms with Gasteiger partial charge in [-0.15, -0.1) is 0 Å². The molecule has 0 aliphatic carbocycles. The molecule has 0 N–H and O–H groups in total. The third kappa shape index (κ3) is 2.02. The summed E-state index contributed by atoms with van der Waals surface area (Å²) < 4.78 is 4.42. The molecule has 0 atom stereocenters. The van der Waals surface area contributed by atoms with Crippen LogP contribution in [-0.2, 0) is 0 Å². The fourth-order valence-electron chi connectivity index (χ4n) is 5.68. The van der Waals surface area contributed by atoms with E-state index in [1.165, 1.54) is 0 Å². The first-order valence-corrected chi connectivity index (χ1v) is 11.2. The smallest absolute Gasteiger partial charge is 0.197 e. The van der Waals surface area contributed by atoms with E-state index < -0.39 is 0 Å². The van der Waals surface area contributed by atoms with Crippen LogP contribution >= 0.6 is 0 Å². The maximum Gasteiger partial charge on any atom is 0.197 e. The molecule has 0 amide bonds. The lowest BCUT2D eigenvalue weighted by Gasteiger charge is -2.16. The van der Waals surface area contributed by atoms with Gasteiger partial charge in [0.15, 0.2) is 5.43 Å².